The highest BCUT2D eigenvalue weighted by Crippen LogP contribution is 2.44. The fourth-order valence-electron chi connectivity index (χ4n) is 3.90. The summed E-state index contributed by atoms with van der Waals surface area (Å²) in [5, 5.41) is 4.47. The molecule has 0 saturated carbocycles. The first-order valence-corrected chi connectivity index (χ1v) is 9.94. The van der Waals surface area contributed by atoms with Gasteiger partial charge in [0.1, 0.15) is 0 Å². The Hall–Kier alpha value is -2.98. The lowest BCUT2D eigenvalue weighted by molar-refractivity contribution is 0.103. The van der Waals surface area contributed by atoms with Crippen molar-refractivity contribution in [3.63, 3.8) is 0 Å². The first-order chi connectivity index (χ1) is 13.7. The summed E-state index contributed by atoms with van der Waals surface area (Å²) >= 11 is 3.47. The number of benzene rings is 3. The van der Waals surface area contributed by atoms with Crippen LogP contribution < -0.4 is 0 Å². The largest absolute Gasteiger partial charge is 0.356 e. The molecular formula is C24H16BrNO2. The van der Waals surface area contributed by atoms with Crippen LogP contribution in [-0.2, 0) is 4.84 Å². The molecule has 0 N–H and O–H groups in total. The Kier molecular flexibility index (Phi) is 4.21. The molecule has 0 fully saturated rings. The van der Waals surface area contributed by atoms with E-state index < -0.39 is 0 Å². The van der Waals surface area contributed by atoms with Gasteiger partial charge in [0.2, 0.25) is 0 Å². The number of hydrogen-bond donors (Lipinski definition) is 0. The van der Waals surface area contributed by atoms with E-state index in [4.69, 9.17) is 4.84 Å². The number of Topliss-reactive ketones (excluding diaryl/α,β-unsaturated/α-hetero) is 1. The summed E-state index contributed by atoms with van der Waals surface area (Å²) in [7, 11) is 0. The van der Waals surface area contributed by atoms with Crippen molar-refractivity contribution in [3.8, 4) is 0 Å². The van der Waals surface area contributed by atoms with Gasteiger partial charge in [-0.25, -0.2) is 0 Å². The lowest BCUT2D eigenvalue weighted by Crippen LogP contribution is -2.14. The number of carbonyl (C=O) groups is 1. The normalized spacial score (nSPS) is 18.1. The summed E-state index contributed by atoms with van der Waals surface area (Å²) in [5.74, 6) is 0.509. The molecule has 0 radical (unpaired) electrons. The summed E-state index contributed by atoms with van der Waals surface area (Å²) < 4.78 is 1.01. The molecule has 3 aromatic carbocycles. The molecule has 3 nitrogen and oxygen atoms in total. The van der Waals surface area contributed by atoms with Gasteiger partial charge in [-0.05, 0) is 23.3 Å². The summed E-state index contributed by atoms with van der Waals surface area (Å²) in [6, 6.07) is 25.7. The van der Waals surface area contributed by atoms with E-state index in [-0.39, 0.29) is 11.7 Å². The molecule has 5 rings (SSSR count). The molecule has 2 aliphatic rings. The van der Waals surface area contributed by atoms with Crippen LogP contribution in [0.4, 0.5) is 0 Å². The average molecular weight is 430 g/mol. The number of oxime groups is 1. The highest BCUT2D eigenvalue weighted by molar-refractivity contribution is 9.10. The highest BCUT2D eigenvalue weighted by atomic mass is 79.9. The minimum atomic E-state index is -0.110. The van der Waals surface area contributed by atoms with E-state index in [1.54, 1.807) is 0 Å². The van der Waals surface area contributed by atoms with Crippen molar-refractivity contribution in [1.29, 1.82) is 0 Å². The van der Waals surface area contributed by atoms with Crippen molar-refractivity contribution in [3.05, 3.63) is 111 Å². The van der Waals surface area contributed by atoms with Gasteiger partial charge in [-0.15, -0.1) is 0 Å². The number of ketones is 1. The number of rotatable bonds is 2. The van der Waals surface area contributed by atoms with Gasteiger partial charge in [-0.2, -0.15) is 0 Å². The van der Waals surface area contributed by atoms with Crippen LogP contribution in [0.1, 0.15) is 39.4 Å². The van der Waals surface area contributed by atoms with Gasteiger partial charge in [-0.3, -0.25) is 4.79 Å². The van der Waals surface area contributed by atoms with Crippen LogP contribution in [-0.4, -0.2) is 11.5 Å². The van der Waals surface area contributed by atoms with E-state index in [0.717, 1.165) is 26.9 Å². The van der Waals surface area contributed by atoms with E-state index >= 15 is 0 Å². The monoisotopic (exact) mass is 429 g/mol. The fraction of sp³-hybridized carbons (Fsp3) is 0.0833. The maximum absolute atomic E-state index is 13.3. The van der Waals surface area contributed by atoms with E-state index in [9.17, 15) is 4.79 Å². The Morgan fingerprint density at radius 3 is 2.29 bits per heavy atom. The minimum absolute atomic E-state index is 0.0340. The maximum Gasteiger partial charge on any atom is 0.194 e. The molecule has 0 saturated heterocycles. The molecule has 1 atom stereocenters. The van der Waals surface area contributed by atoms with Crippen LogP contribution >= 0.6 is 15.9 Å². The number of allylic oxidation sites excluding steroid dienone is 1. The van der Waals surface area contributed by atoms with E-state index in [2.05, 4.69) is 33.2 Å². The molecule has 28 heavy (non-hydrogen) atoms. The molecule has 3 aromatic rings. The first kappa shape index (κ1) is 17.1. The zero-order valence-electron chi connectivity index (χ0n) is 14.9. The summed E-state index contributed by atoms with van der Waals surface area (Å²) in [6.07, 6.45) is 0.601. The molecule has 4 heteroatoms. The highest BCUT2D eigenvalue weighted by Gasteiger charge is 2.39. The molecule has 1 aliphatic heterocycles. The number of hydrogen-bond acceptors (Lipinski definition) is 3. The van der Waals surface area contributed by atoms with Gasteiger partial charge in [0.25, 0.3) is 0 Å². The van der Waals surface area contributed by atoms with Crippen molar-refractivity contribution in [1.82, 2.24) is 0 Å². The summed E-state index contributed by atoms with van der Waals surface area (Å²) in [6.45, 7) is 0. The Bertz CT molecular complexity index is 1130. The molecule has 1 heterocycles. The Labute approximate surface area is 171 Å². The quantitative estimate of drug-likeness (QED) is 0.503. The van der Waals surface area contributed by atoms with Gasteiger partial charge in [0, 0.05) is 27.9 Å². The van der Waals surface area contributed by atoms with E-state index in [1.807, 2.05) is 66.7 Å². The standard InChI is InChI=1S/C24H16BrNO2/c25-17-12-10-16(11-13-17)21-14-20(15-6-2-1-3-7-15)22-23(27)18-8-4-5-9-19(18)24(22)28-26-21/h1-13,20H,14H2. The van der Waals surface area contributed by atoms with Crippen LogP contribution in [0.25, 0.3) is 5.76 Å². The molecule has 1 unspecified atom stereocenters. The number of fused-ring (bicyclic) bond motifs is 2. The van der Waals surface area contributed by atoms with Crippen LogP contribution in [0, 0.1) is 0 Å². The zero-order valence-corrected chi connectivity index (χ0v) is 16.5. The minimum Gasteiger partial charge on any atom is -0.356 e. The van der Waals surface area contributed by atoms with Crippen molar-refractivity contribution in [2.45, 2.75) is 12.3 Å². The lowest BCUT2D eigenvalue weighted by Gasteiger charge is -2.17. The third kappa shape index (κ3) is 2.81. The first-order valence-electron chi connectivity index (χ1n) is 9.15. The Morgan fingerprint density at radius 1 is 0.857 bits per heavy atom. The van der Waals surface area contributed by atoms with Gasteiger partial charge in [0.05, 0.1) is 11.3 Å². The number of carbonyl (C=O) groups excluding carboxylic acids is 1. The Balaban J connectivity index is 1.66. The van der Waals surface area contributed by atoms with Crippen molar-refractivity contribution < 1.29 is 9.63 Å². The lowest BCUT2D eigenvalue weighted by atomic mass is 9.83. The molecule has 0 aromatic heterocycles. The molecule has 0 bridgehead atoms. The predicted octanol–water partition coefficient (Wildman–Crippen LogP) is 5.96. The van der Waals surface area contributed by atoms with Crippen LogP contribution in [0.15, 0.2) is 94.1 Å². The maximum atomic E-state index is 13.3. The fourth-order valence-corrected chi connectivity index (χ4v) is 4.17. The second kappa shape index (κ2) is 6.88. The second-order valence-corrected chi connectivity index (χ2v) is 7.84. The third-order valence-corrected chi connectivity index (χ3v) is 5.81. The number of halogens is 1. The van der Waals surface area contributed by atoms with Crippen LogP contribution in [0.3, 0.4) is 0 Å². The molecule has 1 aliphatic carbocycles. The zero-order chi connectivity index (χ0) is 19.1. The van der Waals surface area contributed by atoms with E-state index in [0.29, 0.717) is 23.3 Å². The van der Waals surface area contributed by atoms with Gasteiger partial charge in [0.15, 0.2) is 11.5 Å². The third-order valence-electron chi connectivity index (χ3n) is 5.28. The van der Waals surface area contributed by atoms with Gasteiger partial charge in [-0.1, -0.05) is 87.8 Å². The van der Waals surface area contributed by atoms with Gasteiger partial charge < -0.3 is 4.84 Å². The Morgan fingerprint density at radius 2 is 1.54 bits per heavy atom. The molecule has 0 amide bonds. The van der Waals surface area contributed by atoms with Crippen molar-refractivity contribution in [2.24, 2.45) is 5.16 Å². The van der Waals surface area contributed by atoms with Crippen LogP contribution in [0.5, 0.6) is 0 Å². The van der Waals surface area contributed by atoms with Crippen molar-refractivity contribution in [2.75, 3.05) is 0 Å². The summed E-state index contributed by atoms with van der Waals surface area (Å²) in [4.78, 5) is 19.2. The molecule has 0 spiro atoms. The SMILES string of the molecule is O=C1C2=C(ON=C(c3ccc(Br)cc3)CC2c2ccccc2)c2ccccc21. The topological polar surface area (TPSA) is 38.7 Å². The van der Waals surface area contributed by atoms with Crippen molar-refractivity contribution >= 4 is 33.2 Å². The molecular weight excluding hydrogens is 414 g/mol. The van der Waals surface area contributed by atoms with E-state index in [1.165, 1.54) is 0 Å². The second-order valence-electron chi connectivity index (χ2n) is 6.92. The van der Waals surface area contributed by atoms with Gasteiger partial charge >= 0.3 is 0 Å². The predicted molar refractivity (Wildman–Crippen MR) is 113 cm³/mol. The smallest absolute Gasteiger partial charge is 0.194 e. The molecule has 136 valence electrons. The number of nitrogens with zero attached hydrogens (tertiary/aromatic N) is 1. The van der Waals surface area contributed by atoms with Crippen LogP contribution in [0.2, 0.25) is 0 Å². The average Bonchev–Trinajstić information content (AvgIpc) is 2.89. The summed E-state index contributed by atoms with van der Waals surface area (Å²) in [5.41, 5.74) is 5.13.